The largest absolute Gasteiger partial charge is 0.457 e. The molecule has 0 amide bonds. The number of hydrogen-bond acceptors (Lipinski definition) is 0. The minimum absolute atomic E-state index is 0.0293. The van der Waals surface area contributed by atoms with Crippen LogP contribution in [-0.2, 0) is 0 Å². The highest BCUT2D eigenvalue weighted by atomic mass is 19.4. The van der Waals surface area contributed by atoms with Crippen LogP contribution < -0.4 is 0 Å². The van der Waals surface area contributed by atoms with Gasteiger partial charge >= 0.3 is 18.3 Å². The average molecular weight is 356 g/mol. The van der Waals surface area contributed by atoms with Crippen LogP contribution in [0.3, 0.4) is 0 Å². The Labute approximate surface area is 127 Å². The van der Waals surface area contributed by atoms with Crippen molar-refractivity contribution < 1.29 is 39.5 Å². The van der Waals surface area contributed by atoms with Crippen LogP contribution in [0.1, 0.15) is 44.9 Å². The molecule has 2 fully saturated rings. The normalized spacial score (nSPS) is 33.0. The maximum Gasteiger partial charge on any atom is 0.457 e. The van der Waals surface area contributed by atoms with Crippen molar-refractivity contribution in [2.45, 2.75) is 68.9 Å². The summed E-state index contributed by atoms with van der Waals surface area (Å²) in [5, 5.41) is 0. The van der Waals surface area contributed by atoms with E-state index >= 15 is 0 Å². The molecule has 0 heterocycles. The van der Waals surface area contributed by atoms with E-state index in [1.807, 2.05) is 0 Å². The van der Waals surface area contributed by atoms with Crippen molar-refractivity contribution >= 4 is 0 Å². The minimum Gasteiger partial charge on any atom is -0.226 e. The van der Waals surface area contributed by atoms with Gasteiger partial charge in [-0.25, -0.2) is 4.39 Å². The molecule has 0 saturated heterocycles. The van der Waals surface area contributed by atoms with Crippen LogP contribution in [0, 0.1) is 17.8 Å². The lowest BCUT2D eigenvalue weighted by atomic mass is 9.59. The molecular weight excluding hydrogens is 339 g/mol. The molecule has 0 bridgehead atoms. The highest BCUT2D eigenvalue weighted by Crippen LogP contribution is 2.61. The predicted molar refractivity (Wildman–Crippen MR) is 63.7 cm³/mol. The second-order valence-electron chi connectivity index (χ2n) is 6.53. The van der Waals surface area contributed by atoms with E-state index in [0.717, 1.165) is 0 Å². The van der Waals surface area contributed by atoms with E-state index < -0.39 is 48.1 Å². The summed E-state index contributed by atoms with van der Waals surface area (Å²) in [6.07, 6.45) is -11.4. The van der Waals surface area contributed by atoms with E-state index in [4.69, 9.17) is 0 Å². The fourth-order valence-corrected chi connectivity index (χ4v) is 4.26. The van der Waals surface area contributed by atoms with Gasteiger partial charge in [-0.1, -0.05) is 32.1 Å². The van der Waals surface area contributed by atoms with Gasteiger partial charge in [0.2, 0.25) is 0 Å². The van der Waals surface area contributed by atoms with Gasteiger partial charge in [0.05, 0.1) is 0 Å². The van der Waals surface area contributed by atoms with E-state index in [2.05, 4.69) is 0 Å². The van der Waals surface area contributed by atoms with Crippen LogP contribution in [0.15, 0.2) is 0 Å². The standard InChI is InChI=1S/C14H17F9/c15-11(13(18,19)20,12(16,17)14(21,22)23)10-7-3-5-8-4-1-2-6-9(8)10/h8-10H,1-7H2. The molecule has 0 aliphatic heterocycles. The topological polar surface area (TPSA) is 0 Å². The molecule has 2 rings (SSSR count). The summed E-state index contributed by atoms with van der Waals surface area (Å²) in [4.78, 5) is 0. The quantitative estimate of drug-likeness (QED) is 0.528. The third-order valence-corrected chi connectivity index (χ3v) is 5.31. The van der Waals surface area contributed by atoms with Gasteiger partial charge < -0.3 is 0 Å². The maximum atomic E-state index is 14.6. The Morgan fingerprint density at radius 3 is 1.61 bits per heavy atom. The number of halogens is 9. The van der Waals surface area contributed by atoms with Gasteiger partial charge in [-0.15, -0.1) is 0 Å². The van der Waals surface area contributed by atoms with E-state index in [0.29, 0.717) is 25.7 Å². The Morgan fingerprint density at radius 2 is 1.09 bits per heavy atom. The summed E-state index contributed by atoms with van der Waals surface area (Å²) < 4.78 is 119. The number of alkyl halides is 9. The molecule has 4 atom stereocenters. The molecule has 0 aromatic rings. The minimum atomic E-state index is -6.60. The molecule has 0 N–H and O–H groups in total. The molecule has 0 nitrogen and oxygen atoms in total. The second-order valence-corrected chi connectivity index (χ2v) is 6.53. The third kappa shape index (κ3) is 2.81. The molecular formula is C14H17F9. The highest BCUT2D eigenvalue weighted by molar-refractivity contribution is 5.10. The SMILES string of the molecule is FC(F)(F)C(F)(F)C(F)(C1CCCC2CCCCC21)C(F)(F)F. The van der Waals surface area contributed by atoms with Gasteiger partial charge in [-0.05, 0) is 24.7 Å². The summed E-state index contributed by atoms with van der Waals surface area (Å²) >= 11 is 0. The molecule has 0 radical (unpaired) electrons. The second kappa shape index (κ2) is 5.72. The first-order valence-corrected chi connectivity index (χ1v) is 7.54. The molecule has 4 unspecified atom stereocenters. The first kappa shape index (κ1) is 18.7. The molecule has 2 saturated carbocycles. The Kier molecular flexibility index (Phi) is 4.65. The molecule has 0 aromatic heterocycles. The molecule has 9 heteroatoms. The fourth-order valence-electron chi connectivity index (χ4n) is 4.26. The van der Waals surface area contributed by atoms with Crippen LogP contribution in [-0.4, -0.2) is 23.9 Å². The van der Waals surface area contributed by atoms with E-state index in [-0.39, 0.29) is 12.8 Å². The highest BCUT2D eigenvalue weighted by Gasteiger charge is 2.83. The van der Waals surface area contributed by atoms with Gasteiger partial charge in [0.25, 0.3) is 5.67 Å². The Balaban J connectivity index is 2.50. The monoisotopic (exact) mass is 356 g/mol. The fraction of sp³-hybridized carbons (Fsp3) is 1.00. The average Bonchev–Trinajstić information content (AvgIpc) is 2.43. The summed E-state index contributed by atoms with van der Waals surface area (Å²) in [6.45, 7) is 0. The lowest BCUT2D eigenvalue weighted by Gasteiger charge is -2.49. The van der Waals surface area contributed by atoms with Gasteiger partial charge in [-0.3, -0.25) is 0 Å². The van der Waals surface area contributed by atoms with Crippen LogP contribution in [0.4, 0.5) is 39.5 Å². The van der Waals surface area contributed by atoms with Crippen molar-refractivity contribution in [1.82, 2.24) is 0 Å². The first-order chi connectivity index (χ1) is 10.3. The Morgan fingerprint density at radius 1 is 0.565 bits per heavy atom. The number of hydrogen-bond donors (Lipinski definition) is 0. The zero-order valence-corrected chi connectivity index (χ0v) is 12.1. The van der Waals surface area contributed by atoms with Crippen LogP contribution >= 0.6 is 0 Å². The van der Waals surface area contributed by atoms with Gasteiger partial charge in [0.15, 0.2) is 0 Å². The molecule has 23 heavy (non-hydrogen) atoms. The van der Waals surface area contributed by atoms with Crippen molar-refractivity contribution in [2.24, 2.45) is 17.8 Å². The summed E-state index contributed by atoms with van der Waals surface area (Å²) in [5.74, 6) is -10.3. The van der Waals surface area contributed by atoms with Crippen LogP contribution in [0.25, 0.3) is 0 Å². The molecule has 0 aromatic carbocycles. The Hall–Kier alpha value is -0.630. The zero-order chi connectivity index (χ0) is 17.7. The number of fused-ring (bicyclic) bond motifs is 1. The van der Waals surface area contributed by atoms with Gasteiger partial charge in [-0.2, -0.15) is 35.1 Å². The van der Waals surface area contributed by atoms with E-state index in [1.54, 1.807) is 0 Å². The predicted octanol–water partition coefficient (Wildman–Crippen LogP) is 6.06. The summed E-state index contributed by atoms with van der Waals surface area (Å²) in [6, 6.07) is 0. The van der Waals surface area contributed by atoms with E-state index in [1.165, 1.54) is 0 Å². The summed E-state index contributed by atoms with van der Waals surface area (Å²) in [5.41, 5.74) is -5.58. The van der Waals surface area contributed by atoms with Crippen molar-refractivity contribution in [3.05, 3.63) is 0 Å². The smallest absolute Gasteiger partial charge is 0.226 e. The maximum absolute atomic E-state index is 14.6. The van der Waals surface area contributed by atoms with Gasteiger partial charge in [0.1, 0.15) is 0 Å². The Bertz CT molecular complexity index is 423. The molecule has 0 spiro atoms. The molecule has 136 valence electrons. The molecule has 2 aliphatic carbocycles. The molecule has 2 aliphatic rings. The third-order valence-electron chi connectivity index (χ3n) is 5.31. The van der Waals surface area contributed by atoms with Crippen molar-refractivity contribution in [3.8, 4) is 0 Å². The van der Waals surface area contributed by atoms with Crippen molar-refractivity contribution in [2.75, 3.05) is 0 Å². The van der Waals surface area contributed by atoms with Gasteiger partial charge in [0, 0.05) is 5.92 Å². The van der Waals surface area contributed by atoms with Crippen molar-refractivity contribution in [3.63, 3.8) is 0 Å². The zero-order valence-electron chi connectivity index (χ0n) is 12.1. The van der Waals surface area contributed by atoms with Crippen molar-refractivity contribution in [1.29, 1.82) is 0 Å². The summed E-state index contributed by atoms with van der Waals surface area (Å²) in [7, 11) is 0. The lowest BCUT2D eigenvalue weighted by Crippen LogP contribution is -2.67. The van der Waals surface area contributed by atoms with E-state index in [9.17, 15) is 39.5 Å². The lowest BCUT2D eigenvalue weighted by molar-refractivity contribution is -0.401. The van der Waals surface area contributed by atoms with Crippen LogP contribution in [0.2, 0.25) is 0 Å². The number of rotatable bonds is 2. The van der Waals surface area contributed by atoms with Crippen LogP contribution in [0.5, 0.6) is 0 Å². The first-order valence-electron chi connectivity index (χ1n) is 7.54.